The van der Waals surface area contributed by atoms with Crippen LogP contribution in [0, 0.1) is 0 Å². The number of cyclic esters (lactones) is 1. The molecule has 5 aliphatic rings. The highest BCUT2D eigenvalue weighted by molar-refractivity contribution is 6.35. The van der Waals surface area contributed by atoms with Gasteiger partial charge in [-0.1, -0.05) is 82.8 Å². The third-order valence-electron chi connectivity index (χ3n) is 11.3. The molecule has 8 nitrogen and oxygen atoms in total. The Kier molecular flexibility index (Phi) is 11.5. The Labute approximate surface area is 346 Å². The van der Waals surface area contributed by atoms with Gasteiger partial charge in [-0.25, -0.2) is 9.59 Å². The summed E-state index contributed by atoms with van der Waals surface area (Å²) in [5, 5.41) is 12.4. The molecule has 1 saturated heterocycles. The number of anilines is 2. The van der Waals surface area contributed by atoms with E-state index in [1.54, 1.807) is 11.0 Å². The summed E-state index contributed by atoms with van der Waals surface area (Å²) in [5.41, 5.74) is 8.17. The monoisotopic (exact) mass is 840 g/mol. The molecule has 2 atom stereocenters. The van der Waals surface area contributed by atoms with Gasteiger partial charge in [0.15, 0.2) is 0 Å². The third kappa shape index (κ3) is 8.15. The number of fused-ring (bicyclic) bond motifs is 2. The van der Waals surface area contributed by atoms with E-state index < -0.39 is 6.09 Å². The van der Waals surface area contributed by atoms with E-state index in [2.05, 4.69) is 15.9 Å². The van der Waals surface area contributed by atoms with Gasteiger partial charge in [0, 0.05) is 82.6 Å². The minimum atomic E-state index is -1.01. The van der Waals surface area contributed by atoms with Crippen LogP contribution in [0.5, 0.6) is 0 Å². The normalized spacial score (nSPS) is 21.0. The Morgan fingerprint density at radius 3 is 1.78 bits per heavy atom. The molecule has 4 aromatic carbocycles. The zero-order chi connectivity index (χ0) is 38.4. The molecular weight excluding hydrogens is 802 g/mol. The highest BCUT2D eigenvalue weighted by Crippen LogP contribution is 2.46. The molecule has 0 bridgehead atoms. The smallest absolute Gasteiger partial charge is 0.414 e. The number of hydrogen-bond donors (Lipinski definition) is 1. The van der Waals surface area contributed by atoms with E-state index in [1.165, 1.54) is 36.1 Å². The first-order chi connectivity index (χ1) is 26.6. The number of carboxylic acid groups (broad SMARTS) is 1. The predicted molar refractivity (Wildman–Crippen MR) is 221 cm³/mol. The second-order valence-corrected chi connectivity index (χ2v) is 16.9. The first-order valence-corrected chi connectivity index (χ1v) is 20.8. The summed E-state index contributed by atoms with van der Waals surface area (Å²) in [4.78, 5) is 32.1. The summed E-state index contributed by atoms with van der Waals surface area (Å²) in [6.45, 7) is 4.64. The van der Waals surface area contributed by atoms with E-state index in [0.717, 1.165) is 64.7 Å². The Hall–Kier alpha value is -3.21. The van der Waals surface area contributed by atoms with Crippen molar-refractivity contribution in [2.75, 3.05) is 48.5 Å². The van der Waals surface area contributed by atoms with Gasteiger partial charge in [-0.3, -0.25) is 19.6 Å². The molecule has 55 heavy (non-hydrogen) atoms. The van der Waals surface area contributed by atoms with Crippen molar-refractivity contribution in [3.63, 3.8) is 0 Å². The van der Waals surface area contributed by atoms with E-state index in [9.17, 15) is 14.7 Å². The van der Waals surface area contributed by atoms with Crippen molar-refractivity contribution in [3.05, 3.63) is 126 Å². The number of carbonyl (C=O) groups excluding carboxylic acids is 1. The van der Waals surface area contributed by atoms with Gasteiger partial charge in [0.25, 0.3) is 0 Å². The van der Waals surface area contributed by atoms with Crippen molar-refractivity contribution in [1.82, 2.24) is 9.80 Å². The van der Waals surface area contributed by atoms with Gasteiger partial charge in [0.1, 0.15) is 6.61 Å². The summed E-state index contributed by atoms with van der Waals surface area (Å²) >= 11 is 31.7. The minimum absolute atomic E-state index is 0.00562. The molecule has 2 saturated carbocycles. The quantitative estimate of drug-likeness (QED) is 0.178. The number of carbonyl (C=O) groups is 2. The highest BCUT2D eigenvalue weighted by atomic mass is 35.5. The Morgan fingerprint density at radius 2 is 1.27 bits per heavy atom. The van der Waals surface area contributed by atoms with Crippen molar-refractivity contribution < 1.29 is 19.4 Å². The van der Waals surface area contributed by atoms with Gasteiger partial charge < -0.3 is 9.84 Å². The lowest BCUT2D eigenvalue weighted by Gasteiger charge is -2.37. The van der Waals surface area contributed by atoms with E-state index in [4.69, 9.17) is 62.7 Å². The SMILES string of the molecule is O=C(O)N(CCCl)c1ccccc1[C@@H]1CN(C2CC2)Cc2c(Cl)cc(Cl)cc21.O=C1OCCN1c1ccccc1[C@@H]1CN(C2CC2)Cc2c(Cl)cc(Cl)cc21. The first-order valence-electron chi connectivity index (χ1n) is 18.7. The Bertz CT molecular complexity index is 2110. The van der Waals surface area contributed by atoms with Gasteiger partial charge in [0.2, 0.25) is 0 Å². The third-order valence-corrected chi connectivity index (χ3v) is 12.6. The van der Waals surface area contributed by atoms with Crippen LogP contribution >= 0.6 is 58.0 Å². The maximum Gasteiger partial charge on any atom is 0.414 e. The van der Waals surface area contributed by atoms with Crippen molar-refractivity contribution in [2.24, 2.45) is 0 Å². The Morgan fingerprint density at radius 1 is 0.745 bits per heavy atom. The lowest BCUT2D eigenvalue weighted by molar-refractivity contribution is 0.181. The second kappa shape index (κ2) is 16.3. The van der Waals surface area contributed by atoms with E-state index >= 15 is 0 Å². The first kappa shape index (κ1) is 38.7. The summed E-state index contributed by atoms with van der Waals surface area (Å²) in [6, 6.07) is 24.6. The molecule has 0 unspecified atom stereocenters. The van der Waals surface area contributed by atoms with Crippen LogP contribution in [-0.4, -0.2) is 77.8 Å². The van der Waals surface area contributed by atoms with Crippen molar-refractivity contribution in [3.8, 4) is 0 Å². The minimum Gasteiger partial charge on any atom is -0.465 e. The van der Waals surface area contributed by atoms with Crippen LogP contribution in [0.25, 0.3) is 0 Å². The lowest BCUT2D eigenvalue weighted by atomic mass is 9.83. The Balaban J connectivity index is 0.000000155. The molecule has 4 aromatic rings. The summed E-state index contributed by atoms with van der Waals surface area (Å²) in [5.74, 6) is 0.345. The molecule has 0 aromatic heterocycles. The average Bonchev–Trinajstić information content (AvgIpc) is 4.12. The molecule has 9 rings (SSSR count). The number of rotatable bonds is 8. The van der Waals surface area contributed by atoms with E-state index in [0.29, 0.717) is 46.0 Å². The zero-order valence-corrected chi connectivity index (χ0v) is 33.9. The summed E-state index contributed by atoms with van der Waals surface area (Å²) in [7, 11) is 0. The van der Waals surface area contributed by atoms with E-state index in [-0.39, 0.29) is 30.4 Å². The number of alkyl halides is 1. The molecule has 3 fully saturated rings. The van der Waals surface area contributed by atoms with Crippen LogP contribution in [0.1, 0.15) is 70.9 Å². The van der Waals surface area contributed by atoms with Gasteiger partial charge in [-0.05, 0) is 95.5 Å². The number of amides is 2. The topological polar surface area (TPSA) is 76.6 Å². The maximum atomic E-state index is 12.2. The zero-order valence-electron chi connectivity index (χ0n) is 30.1. The number of benzene rings is 4. The number of ether oxygens (including phenoxy) is 1. The van der Waals surface area contributed by atoms with Crippen LogP contribution in [0.15, 0.2) is 72.8 Å². The fraction of sp³-hybridized carbons (Fsp3) is 0.381. The molecule has 2 aliphatic carbocycles. The molecule has 0 spiro atoms. The number of halogens is 5. The molecule has 3 aliphatic heterocycles. The average molecular weight is 843 g/mol. The van der Waals surface area contributed by atoms with Crippen molar-refractivity contribution in [2.45, 2.75) is 62.7 Å². The van der Waals surface area contributed by atoms with Gasteiger partial charge in [-0.2, -0.15) is 0 Å². The molecule has 2 amide bonds. The highest BCUT2D eigenvalue weighted by Gasteiger charge is 2.39. The van der Waals surface area contributed by atoms with Crippen LogP contribution in [-0.2, 0) is 17.8 Å². The summed E-state index contributed by atoms with van der Waals surface area (Å²) in [6.07, 6.45) is 3.60. The fourth-order valence-electron chi connectivity index (χ4n) is 8.44. The van der Waals surface area contributed by atoms with Gasteiger partial charge in [0.05, 0.1) is 17.9 Å². The molecule has 3 heterocycles. The lowest BCUT2D eigenvalue weighted by Crippen LogP contribution is -2.37. The molecule has 288 valence electrons. The van der Waals surface area contributed by atoms with Crippen LogP contribution in [0.3, 0.4) is 0 Å². The van der Waals surface area contributed by atoms with E-state index in [1.807, 2.05) is 60.7 Å². The molecule has 1 N–H and O–H groups in total. The van der Waals surface area contributed by atoms with Gasteiger partial charge in [-0.15, -0.1) is 11.6 Å². The largest absolute Gasteiger partial charge is 0.465 e. The standard InChI is InChI=1S/C21H21Cl3N2O2.C21H20Cl2N2O2/c22-7-8-26(21(27)28)20-4-2-1-3-15(20)17-11-25(14-5-6-14)12-18-16(17)9-13(23)10-19(18)24;22-13-9-16-17(11-24(14-5-6-14)12-18(16)19(23)10-13)15-3-1-2-4-20(15)25-7-8-27-21(25)26/h1-4,9-10,14,17H,5-8,11-12H2,(H,27,28);1-4,9-10,14,17H,5-8,11-12H2/t2*17-/m00/s1. The van der Waals surface area contributed by atoms with Crippen molar-refractivity contribution >= 4 is 81.6 Å². The van der Waals surface area contributed by atoms with Gasteiger partial charge >= 0.3 is 12.2 Å². The molecular formula is C42H41Cl5N4O4. The molecule has 13 heteroatoms. The second-order valence-electron chi connectivity index (χ2n) is 14.8. The number of para-hydroxylation sites is 2. The maximum absolute atomic E-state index is 12.2. The van der Waals surface area contributed by atoms with Crippen LogP contribution in [0.2, 0.25) is 20.1 Å². The van der Waals surface area contributed by atoms with Crippen molar-refractivity contribution in [1.29, 1.82) is 0 Å². The molecule has 0 radical (unpaired) electrons. The number of nitrogens with zero attached hydrogens (tertiary/aromatic N) is 4. The number of hydrogen-bond acceptors (Lipinski definition) is 5. The fourth-order valence-corrected chi connectivity index (χ4v) is 9.75. The van der Waals surface area contributed by atoms with Crippen LogP contribution < -0.4 is 9.80 Å². The predicted octanol–water partition coefficient (Wildman–Crippen LogP) is 10.9. The summed E-state index contributed by atoms with van der Waals surface area (Å²) < 4.78 is 5.17. The van der Waals surface area contributed by atoms with Crippen LogP contribution in [0.4, 0.5) is 21.0 Å².